The van der Waals surface area contributed by atoms with Crippen LogP contribution in [0, 0.1) is 11.6 Å². The molecule has 0 amide bonds. The highest BCUT2D eigenvalue weighted by atomic mass is 32.2. The van der Waals surface area contributed by atoms with Gasteiger partial charge in [-0.15, -0.1) is 0 Å². The van der Waals surface area contributed by atoms with E-state index in [1.54, 1.807) is 6.92 Å². The topological polar surface area (TPSA) is 98.1 Å². The zero-order valence-corrected chi connectivity index (χ0v) is 19.1. The number of hydrogen-bond donors (Lipinski definition) is 2. The number of nitrogens with zero attached hydrogens (tertiary/aromatic N) is 3. The summed E-state index contributed by atoms with van der Waals surface area (Å²) in [6, 6.07) is 3.54. The molecule has 1 atom stereocenters. The molecule has 15 heteroatoms. The Morgan fingerprint density at radius 2 is 2.06 bits per heavy atom. The van der Waals surface area contributed by atoms with Crippen molar-refractivity contribution in [3.8, 4) is 0 Å². The standard InChI is InChI=1S/C19H18F5N5O3S2/c1-10(7-25-5-6-32-17(30)19(22,23)24)28-15-14-16(27-9-26-15)29(18(31)34-14)33-8-11-3-2-4-12(20)13(11)21/h2-4,9-10,25H,5-8H2,1H3,(H,26,27,28)/t10-/m1/s1. The van der Waals surface area contributed by atoms with E-state index in [1.807, 2.05) is 0 Å². The van der Waals surface area contributed by atoms with Crippen molar-refractivity contribution in [3.05, 3.63) is 51.4 Å². The summed E-state index contributed by atoms with van der Waals surface area (Å²) < 4.78 is 69.4. The third kappa shape index (κ3) is 6.42. The lowest BCUT2D eigenvalue weighted by Gasteiger charge is -2.15. The first kappa shape index (κ1) is 25.8. The molecule has 0 unspecified atom stereocenters. The summed E-state index contributed by atoms with van der Waals surface area (Å²) in [7, 11) is 0. The molecule has 0 aliphatic carbocycles. The normalized spacial score (nSPS) is 12.6. The molecule has 0 spiro atoms. The van der Waals surface area contributed by atoms with Gasteiger partial charge in [0.25, 0.3) is 0 Å². The van der Waals surface area contributed by atoms with Gasteiger partial charge in [-0.05, 0) is 24.9 Å². The molecule has 0 bridgehead atoms. The molecule has 0 saturated carbocycles. The number of carbonyl (C=O) groups excluding carboxylic acids is 1. The molecule has 34 heavy (non-hydrogen) atoms. The first-order valence-corrected chi connectivity index (χ1v) is 11.5. The van der Waals surface area contributed by atoms with Gasteiger partial charge in [-0.1, -0.05) is 23.5 Å². The number of fused-ring (bicyclic) bond motifs is 1. The molecule has 3 rings (SSSR count). The lowest BCUT2D eigenvalue weighted by Crippen LogP contribution is -2.34. The van der Waals surface area contributed by atoms with Crippen molar-refractivity contribution in [2.75, 3.05) is 25.0 Å². The smallest absolute Gasteiger partial charge is 0.458 e. The molecule has 0 fully saturated rings. The largest absolute Gasteiger partial charge is 0.490 e. The number of halogens is 5. The van der Waals surface area contributed by atoms with Crippen LogP contribution in [-0.4, -0.2) is 51.8 Å². The molecule has 2 heterocycles. The molecule has 1 aromatic carbocycles. The van der Waals surface area contributed by atoms with E-state index >= 15 is 0 Å². The van der Waals surface area contributed by atoms with E-state index in [-0.39, 0.29) is 35.3 Å². The van der Waals surface area contributed by atoms with E-state index in [2.05, 4.69) is 25.3 Å². The minimum atomic E-state index is -5.03. The number of benzene rings is 1. The fourth-order valence-electron chi connectivity index (χ4n) is 2.73. The number of hydrogen-bond acceptors (Lipinski definition) is 9. The average molecular weight is 524 g/mol. The summed E-state index contributed by atoms with van der Waals surface area (Å²) in [5.41, 5.74) is 0.401. The predicted octanol–water partition coefficient (Wildman–Crippen LogP) is 3.32. The minimum absolute atomic E-state index is 0.00132. The minimum Gasteiger partial charge on any atom is -0.458 e. The molecule has 8 nitrogen and oxygen atoms in total. The predicted molar refractivity (Wildman–Crippen MR) is 118 cm³/mol. The van der Waals surface area contributed by atoms with Crippen LogP contribution in [0.4, 0.5) is 27.8 Å². The van der Waals surface area contributed by atoms with E-state index in [0.717, 1.165) is 29.4 Å². The monoisotopic (exact) mass is 523 g/mol. The summed E-state index contributed by atoms with van der Waals surface area (Å²) in [6.07, 6.45) is -3.79. The highest BCUT2D eigenvalue weighted by Gasteiger charge is 2.40. The van der Waals surface area contributed by atoms with Crippen molar-refractivity contribution < 1.29 is 31.5 Å². The van der Waals surface area contributed by atoms with E-state index in [9.17, 15) is 31.5 Å². The number of esters is 1. The van der Waals surface area contributed by atoms with Gasteiger partial charge in [-0.25, -0.2) is 27.5 Å². The van der Waals surface area contributed by atoms with Crippen molar-refractivity contribution in [3.63, 3.8) is 0 Å². The number of anilines is 1. The molecule has 3 aromatic rings. The highest BCUT2D eigenvalue weighted by Crippen LogP contribution is 2.27. The summed E-state index contributed by atoms with van der Waals surface area (Å²) in [6.45, 7) is 1.61. The fourth-order valence-corrected chi connectivity index (χ4v) is 4.70. The quantitative estimate of drug-likeness (QED) is 0.237. The Labute approximate surface area is 197 Å². The van der Waals surface area contributed by atoms with Crippen LogP contribution < -0.4 is 15.5 Å². The van der Waals surface area contributed by atoms with Gasteiger partial charge in [-0.3, -0.25) is 4.79 Å². The van der Waals surface area contributed by atoms with Crippen LogP contribution in [0.5, 0.6) is 0 Å². The van der Waals surface area contributed by atoms with Crippen LogP contribution in [0.1, 0.15) is 12.5 Å². The van der Waals surface area contributed by atoms with Crippen molar-refractivity contribution in [2.24, 2.45) is 0 Å². The molecule has 184 valence electrons. The second-order valence-electron chi connectivity index (χ2n) is 6.91. The number of alkyl halides is 3. The SMILES string of the molecule is C[C@H](CNCCOC(=O)C(F)(F)F)Nc1ncnc2c1sc(=O)n2SCc1cccc(F)c1F. The summed E-state index contributed by atoms with van der Waals surface area (Å²) in [4.78, 5) is 31.0. The number of ether oxygens (including phenoxy) is 1. The van der Waals surface area contributed by atoms with Crippen LogP contribution in [0.15, 0.2) is 29.3 Å². The van der Waals surface area contributed by atoms with Crippen LogP contribution in [0.25, 0.3) is 10.3 Å². The summed E-state index contributed by atoms with van der Waals surface area (Å²) in [5, 5.41) is 5.92. The second-order valence-corrected chi connectivity index (χ2v) is 8.78. The zero-order valence-electron chi connectivity index (χ0n) is 17.5. The van der Waals surface area contributed by atoms with Crippen LogP contribution in [0.2, 0.25) is 0 Å². The fraction of sp³-hybridized carbons (Fsp3) is 0.368. The summed E-state index contributed by atoms with van der Waals surface area (Å²) >= 11 is 1.84. The van der Waals surface area contributed by atoms with Crippen molar-refractivity contribution in [2.45, 2.75) is 24.9 Å². The molecular weight excluding hydrogens is 505 g/mol. The number of aromatic nitrogens is 3. The Morgan fingerprint density at radius 1 is 1.29 bits per heavy atom. The highest BCUT2D eigenvalue weighted by molar-refractivity contribution is 7.97. The van der Waals surface area contributed by atoms with Gasteiger partial charge in [-0.2, -0.15) is 13.2 Å². The molecule has 2 N–H and O–H groups in total. The van der Waals surface area contributed by atoms with Crippen molar-refractivity contribution in [1.29, 1.82) is 0 Å². The molecule has 0 saturated heterocycles. The van der Waals surface area contributed by atoms with Crippen LogP contribution in [0.3, 0.4) is 0 Å². The number of nitrogens with one attached hydrogen (secondary N) is 2. The molecule has 0 aliphatic heterocycles. The Kier molecular flexibility index (Phi) is 8.43. The Bertz CT molecular complexity index is 1220. The number of carbonyl (C=O) groups is 1. The van der Waals surface area contributed by atoms with Crippen LogP contribution in [-0.2, 0) is 15.3 Å². The first-order valence-electron chi connectivity index (χ1n) is 9.72. The molecule has 0 radical (unpaired) electrons. The molecule has 0 aliphatic rings. The Balaban J connectivity index is 1.59. The van der Waals surface area contributed by atoms with Crippen molar-refractivity contribution in [1.82, 2.24) is 19.3 Å². The van der Waals surface area contributed by atoms with E-state index in [0.29, 0.717) is 16.2 Å². The maximum Gasteiger partial charge on any atom is 0.490 e. The third-order valence-electron chi connectivity index (χ3n) is 4.29. The summed E-state index contributed by atoms with van der Waals surface area (Å²) in [5.74, 6) is -3.84. The maximum absolute atomic E-state index is 13.9. The van der Waals surface area contributed by atoms with Gasteiger partial charge in [0.15, 0.2) is 17.3 Å². The van der Waals surface area contributed by atoms with Gasteiger partial charge in [0.2, 0.25) is 0 Å². The molecular formula is C19H18F5N5O3S2. The van der Waals surface area contributed by atoms with Gasteiger partial charge in [0.05, 0.1) is 0 Å². The molecule has 2 aromatic heterocycles. The average Bonchev–Trinajstić information content (AvgIpc) is 3.10. The van der Waals surface area contributed by atoms with Crippen LogP contribution >= 0.6 is 23.3 Å². The zero-order chi connectivity index (χ0) is 24.9. The second kappa shape index (κ2) is 11.1. The Morgan fingerprint density at radius 3 is 2.79 bits per heavy atom. The lowest BCUT2D eigenvalue weighted by molar-refractivity contribution is -0.199. The third-order valence-corrected chi connectivity index (χ3v) is 6.38. The van der Waals surface area contributed by atoms with Gasteiger partial charge >= 0.3 is 17.0 Å². The lowest BCUT2D eigenvalue weighted by atomic mass is 10.2. The van der Waals surface area contributed by atoms with Crippen molar-refractivity contribution >= 4 is 45.4 Å². The first-order chi connectivity index (χ1) is 16.1. The van der Waals surface area contributed by atoms with E-state index < -0.39 is 30.4 Å². The van der Waals surface area contributed by atoms with E-state index in [4.69, 9.17) is 0 Å². The van der Waals surface area contributed by atoms with E-state index in [1.165, 1.54) is 22.4 Å². The van der Waals surface area contributed by atoms with Gasteiger partial charge < -0.3 is 15.4 Å². The van der Waals surface area contributed by atoms with Gasteiger partial charge in [0.1, 0.15) is 23.5 Å². The number of thiazole rings is 1. The Hall–Kier alpha value is -2.78. The maximum atomic E-state index is 13.9. The van der Waals surface area contributed by atoms with Gasteiger partial charge in [0, 0.05) is 30.4 Å². The number of rotatable bonds is 10.